The Morgan fingerprint density at radius 1 is 1.07 bits per heavy atom. The maximum atomic E-state index is 13.0. The fourth-order valence-electron chi connectivity index (χ4n) is 3.42. The molecule has 1 unspecified atom stereocenters. The first-order chi connectivity index (χ1) is 13.9. The first kappa shape index (κ1) is 21.3. The Hall–Kier alpha value is -2.38. The molecule has 1 aliphatic heterocycles. The lowest BCUT2D eigenvalue weighted by molar-refractivity contribution is 0.0697. The van der Waals surface area contributed by atoms with Crippen molar-refractivity contribution in [2.24, 2.45) is 0 Å². The fraction of sp³-hybridized carbons (Fsp3) is 0.409. The van der Waals surface area contributed by atoms with E-state index in [0.29, 0.717) is 35.2 Å². The van der Waals surface area contributed by atoms with Crippen molar-refractivity contribution < 1.29 is 17.9 Å². The molecule has 7 heteroatoms. The molecule has 2 aromatic carbocycles. The lowest BCUT2D eigenvalue weighted by atomic mass is 9.99. The van der Waals surface area contributed by atoms with Crippen LogP contribution in [-0.4, -0.2) is 56.8 Å². The Morgan fingerprint density at radius 3 is 2.31 bits per heavy atom. The first-order valence-corrected chi connectivity index (χ1v) is 11.3. The number of amides is 1. The number of benzene rings is 2. The van der Waals surface area contributed by atoms with Crippen molar-refractivity contribution in [2.75, 3.05) is 33.3 Å². The van der Waals surface area contributed by atoms with Gasteiger partial charge in [0.2, 0.25) is 10.0 Å². The average Bonchev–Trinajstić information content (AvgIpc) is 2.78. The van der Waals surface area contributed by atoms with Gasteiger partial charge in [-0.1, -0.05) is 32.0 Å². The Labute approximate surface area is 173 Å². The second-order valence-corrected chi connectivity index (χ2v) is 9.24. The molecule has 1 fully saturated rings. The molecule has 0 N–H and O–H groups in total. The zero-order valence-corrected chi connectivity index (χ0v) is 18.0. The van der Waals surface area contributed by atoms with Crippen LogP contribution < -0.4 is 4.74 Å². The molecule has 3 rings (SSSR count). The van der Waals surface area contributed by atoms with Gasteiger partial charge in [0.05, 0.1) is 12.0 Å². The van der Waals surface area contributed by atoms with Gasteiger partial charge >= 0.3 is 0 Å². The summed E-state index contributed by atoms with van der Waals surface area (Å²) in [6.07, 6.45) is 1.01. The van der Waals surface area contributed by atoms with Crippen molar-refractivity contribution in [3.8, 4) is 5.75 Å². The van der Waals surface area contributed by atoms with Gasteiger partial charge in [-0.25, -0.2) is 8.42 Å². The largest absolute Gasteiger partial charge is 0.497 e. The van der Waals surface area contributed by atoms with Crippen LogP contribution in [0.1, 0.15) is 42.1 Å². The number of nitrogens with zero attached hydrogens (tertiary/aromatic N) is 2. The highest BCUT2D eigenvalue weighted by molar-refractivity contribution is 7.89. The topological polar surface area (TPSA) is 66.9 Å². The minimum atomic E-state index is -3.56. The molecular weight excluding hydrogens is 388 g/mol. The van der Waals surface area contributed by atoms with Gasteiger partial charge in [0.1, 0.15) is 5.75 Å². The zero-order valence-electron chi connectivity index (χ0n) is 17.2. The van der Waals surface area contributed by atoms with E-state index in [2.05, 4.69) is 13.8 Å². The van der Waals surface area contributed by atoms with Gasteiger partial charge in [0.25, 0.3) is 5.91 Å². The Morgan fingerprint density at radius 2 is 1.72 bits per heavy atom. The highest BCUT2D eigenvalue weighted by atomic mass is 32.2. The number of hydrogen-bond acceptors (Lipinski definition) is 4. The third kappa shape index (κ3) is 4.62. The van der Waals surface area contributed by atoms with E-state index in [1.54, 1.807) is 48.4 Å². The molecule has 0 saturated carbocycles. The number of rotatable bonds is 6. The predicted molar refractivity (Wildman–Crippen MR) is 113 cm³/mol. The third-order valence-electron chi connectivity index (χ3n) is 5.54. The molecule has 0 radical (unpaired) electrons. The van der Waals surface area contributed by atoms with Crippen LogP contribution in [0, 0.1) is 0 Å². The standard InChI is InChI=1S/C22H28N2O4S/c1-4-17(2)18-8-10-21(11-9-18)29(26,27)24-14-12-23(13-15-24)22(25)19-6-5-7-20(16-19)28-3/h5-11,16-17H,4,12-15H2,1-3H3. The van der Waals surface area contributed by atoms with Gasteiger partial charge < -0.3 is 9.64 Å². The van der Waals surface area contributed by atoms with E-state index in [1.807, 2.05) is 12.1 Å². The van der Waals surface area contributed by atoms with Gasteiger partial charge in [-0.05, 0) is 48.2 Å². The number of sulfonamides is 1. The van der Waals surface area contributed by atoms with E-state index in [4.69, 9.17) is 4.74 Å². The van der Waals surface area contributed by atoms with Crippen molar-refractivity contribution in [1.82, 2.24) is 9.21 Å². The van der Waals surface area contributed by atoms with Gasteiger partial charge in [-0.3, -0.25) is 4.79 Å². The summed E-state index contributed by atoms with van der Waals surface area (Å²) < 4.78 is 32.6. The molecule has 1 saturated heterocycles. The Bertz CT molecular complexity index is 949. The van der Waals surface area contributed by atoms with E-state index in [9.17, 15) is 13.2 Å². The molecular formula is C22H28N2O4S. The van der Waals surface area contributed by atoms with E-state index < -0.39 is 10.0 Å². The molecule has 0 bridgehead atoms. The maximum absolute atomic E-state index is 13.0. The summed E-state index contributed by atoms with van der Waals surface area (Å²) in [5.74, 6) is 0.912. The summed E-state index contributed by atoms with van der Waals surface area (Å²) in [6.45, 7) is 5.53. The molecule has 156 valence electrons. The average molecular weight is 417 g/mol. The summed E-state index contributed by atoms with van der Waals surface area (Å²) in [6, 6.07) is 14.2. The normalized spacial score (nSPS) is 16.4. The Kier molecular flexibility index (Phi) is 6.59. The van der Waals surface area contributed by atoms with Crippen LogP contribution in [-0.2, 0) is 10.0 Å². The summed E-state index contributed by atoms with van der Waals surface area (Å²) in [7, 11) is -2.00. The summed E-state index contributed by atoms with van der Waals surface area (Å²) in [4.78, 5) is 14.7. The molecule has 6 nitrogen and oxygen atoms in total. The number of carbonyl (C=O) groups is 1. The van der Waals surface area contributed by atoms with Crippen molar-refractivity contribution in [2.45, 2.75) is 31.1 Å². The maximum Gasteiger partial charge on any atom is 0.254 e. The number of methoxy groups -OCH3 is 1. The highest BCUT2D eigenvalue weighted by Gasteiger charge is 2.30. The minimum Gasteiger partial charge on any atom is -0.497 e. The second kappa shape index (κ2) is 8.97. The lowest BCUT2D eigenvalue weighted by Crippen LogP contribution is -2.50. The fourth-order valence-corrected chi connectivity index (χ4v) is 4.85. The number of ether oxygens (including phenoxy) is 1. The summed E-state index contributed by atoms with van der Waals surface area (Å²) in [5, 5.41) is 0. The Balaban J connectivity index is 1.67. The van der Waals surface area contributed by atoms with Gasteiger partial charge in [0.15, 0.2) is 0 Å². The van der Waals surface area contributed by atoms with Crippen LogP contribution in [0.15, 0.2) is 53.4 Å². The van der Waals surface area contributed by atoms with Crippen LogP contribution in [0.25, 0.3) is 0 Å². The van der Waals surface area contributed by atoms with E-state index in [1.165, 1.54) is 4.31 Å². The summed E-state index contributed by atoms with van der Waals surface area (Å²) >= 11 is 0. The van der Waals surface area contributed by atoms with E-state index in [-0.39, 0.29) is 19.0 Å². The van der Waals surface area contributed by atoms with Crippen molar-refractivity contribution in [1.29, 1.82) is 0 Å². The van der Waals surface area contributed by atoms with Gasteiger partial charge in [0, 0.05) is 31.7 Å². The lowest BCUT2D eigenvalue weighted by Gasteiger charge is -2.34. The van der Waals surface area contributed by atoms with Crippen molar-refractivity contribution >= 4 is 15.9 Å². The molecule has 1 amide bonds. The summed E-state index contributed by atoms with van der Waals surface area (Å²) in [5.41, 5.74) is 1.68. The molecule has 1 atom stereocenters. The molecule has 0 spiro atoms. The monoisotopic (exact) mass is 416 g/mol. The quantitative estimate of drug-likeness (QED) is 0.724. The van der Waals surface area contributed by atoms with E-state index in [0.717, 1.165) is 12.0 Å². The van der Waals surface area contributed by atoms with Crippen LogP contribution in [0.3, 0.4) is 0 Å². The predicted octanol–water partition coefficient (Wildman–Crippen LogP) is 3.36. The van der Waals surface area contributed by atoms with Crippen molar-refractivity contribution in [3.05, 3.63) is 59.7 Å². The molecule has 0 aliphatic carbocycles. The third-order valence-corrected chi connectivity index (χ3v) is 7.45. The second-order valence-electron chi connectivity index (χ2n) is 7.31. The highest BCUT2D eigenvalue weighted by Crippen LogP contribution is 2.23. The smallest absolute Gasteiger partial charge is 0.254 e. The van der Waals surface area contributed by atoms with E-state index >= 15 is 0 Å². The number of hydrogen-bond donors (Lipinski definition) is 0. The molecule has 0 aromatic heterocycles. The first-order valence-electron chi connectivity index (χ1n) is 9.90. The molecule has 1 aliphatic rings. The van der Waals surface area contributed by atoms with Crippen LogP contribution >= 0.6 is 0 Å². The molecule has 1 heterocycles. The minimum absolute atomic E-state index is 0.112. The SMILES string of the molecule is CCC(C)c1ccc(S(=O)(=O)N2CCN(C(=O)c3cccc(OC)c3)CC2)cc1. The van der Waals surface area contributed by atoms with Crippen LogP contribution in [0.5, 0.6) is 5.75 Å². The van der Waals surface area contributed by atoms with Crippen LogP contribution in [0.4, 0.5) is 0 Å². The number of carbonyl (C=O) groups excluding carboxylic acids is 1. The molecule has 29 heavy (non-hydrogen) atoms. The van der Waals surface area contributed by atoms with Gasteiger partial charge in [-0.15, -0.1) is 0 Å². The number of piperazine rings is 1. The zero-order chi connectivity index (χ0) is 21.0. The molecule has 2 aromatic rings. The van der Waals surface area contributed by atoms with Crippen molar-refractivity contribution in [3.63, 3.8) is 0 Å². The van der Waals surface area contributed by atoms with Gasteiger partial charge in [-0.2, -0.15) is 4.31 Å². The van der Waals surface area contributed by atoms with Crippen LogP contribution in [0.2, 0.25) is 0 Å².